The highest BCUT2D eigenvalue weighted by Gasteiger charge is 2.41. The zero-order valence-corrected chi connectivity index (χ0v) is 12.4. The van der Waals surface area contributed by atoms with Gasteiger partial charge in [-0.1, -0.05) is 12.1 Å². The number of hydrogen-bond acceptors (Lipinski definition) is 3. The van der Waals surface area contributed by atoms with Crippen molar-refractivity contribution in [2.24, 2.45) is 5.41 Å². The highest BCUT2D eigenvalue weighted by Crippen LogP contribution is 2.48. The predicted octanol–water partition coefficient (Wildman–Crippen LogP) is 2.34. The molecule has 2 rings (SSSR count). The second-order valence-electron chi connectivity index (χ2n) is 5.76. The van der Waals surface area contributed by atoms with Gasteiger partial charge in [0.1, 0.15) is 0 Å². The van der Waals surface area contributed by atoms with E-state index in [2.05, 4.69) is 10.6 Å². The predicted molar refractivity (Wildman–Crippen MR) is 80.8 cm³/mol. The number of amides is 1. The van der Waals surface area contributed by atoms with E-state index in [1.165, 1.54) is 12.8 Å². The van der Waals surface area contributed by atoms with Crippen molar-refractivity contribution in [1.82, 2.24) is 5.32 Å². The van der Waals surface area contributed by atoms with Gasteiger partial charge in [-0.05, 0) is 49.3 Å². The van der Waals surface area contributed by atoms with Gasteiger partial charge in [-0.3, -0.25) is 4.79 Å². The maximum absolute atomic E-state index is 11.8. The molecule has 0 radical (unpaired) electrons. The molecule has 0 saturated heterocycles. The third-order valence-corrected chi connectivity index (χ3v) is 3.88. The third-order valence-electron chi connectivity index (χ3n) is 3.88. The Bertz CT molecular complexity index is 456. The smallest absolute Gasteiger partial charge is 0.238 e. The van der Waals surface area contributed by atoms with E-state index in [0.717, 1.165) is 30.8 Å². The van der Waals surface area contributed by atoms with Gasteiger partial charge < -0.3 is 15.4 Å². The number of aryl methyl sites for hydroxylation is 1. The van der Waals surface area contributed by atoms with Crippen molar-refractivity contribution in [2.75, 3.05) is 32.1 Å². The summed E-state index contributed by atoms with van der Waals surface area (Å²) < 4.78 is 5.13. The maximum atomic E-state index is 11.8. The minimum atomic E-state index is 0.0122. The minimum absolute atomic E-state index is 0.0122. The van der Waals surface area contributed by atoms with Crippen LogP contribution in [0.25, 0.3) is 0 Å². The molecule has 1 aromatic carbocycles. The van der Waals surface area contributed by atoms with Crippen molar-refractivity contribution < 1.29 is 9.53 Å². The summed E-state index contributed by atoms with van der Waals surface area (Å²) in [6.45, 7) is 4.08. The van der Waals surface area contributed by atoms with Crippen LogP contribution >= 0.6 is 0 Å². The summed E-state index contributed by atoms with van der Waals surface area (Å²) in [5.41, 5.74) is 2.38. The fourth-order valence-corrected chi connectivity index (χ4v) is 2.38. The Morgan fingerprint density at radius 3 is 2.85 bits per heavy atom. The molecule has 0 bridgehead atoms. The molecule has 0 unspecified atom stereocenters. The monoisotopic (exact) mass is 276 g/mol. The Kier molecular flexibility index (Phi) is 5.15. The number of methoxy groups -OCH3 is 1. The summed E-state index contributed by atoms with van der Waals surface area (Å²) in [6, 6.07) is 7.84. The Balaban J connectivity index is 1.68. The first-order valence-electron chi connectivity index (χ1n) is 7.20. The van der Waals surface area contributed by atoms with Crippen LogP contribution in [0.1, 0.15) is 24.8 Å². The summed E-state index contributed by atoms with van der Waals surface area (Å²) in [6.07, 6.45) is 3.56. The Labute approximate surface area is 120 Å². The lowest BCUT2D eigenvalue weighted by atomic mass is 10.0. The highest BCUT2D eigenvalue weighted by molar-refractivity contribution is 5.92. The third kappa shape index (κ3) is 4.62. The number of hydrogen-bond donors (Lipinski definition) is 2. The molecule has 0 heterocycles. The molecular weight excluding hydrogens is 252 g/mol. The largest absolute Gasteiger partial charge is 0.385 e. The van der Waals surface area contributed by atoms with E-state index in [1.54, 1.807) is 7.11 Å². The molecule has 1 aromatic rings. The minimum Gasteiger partial charge on any atom is -0.385 e. The first-order valence-corrected chi connectivity index (χ1v) is 7.20. The van der Waals surface area contributed by atoms with Crippen molar-refractivity contribution in [1.29, 1.82) is 0 Å². The fraction of sp³-hybridized carbons (Fsp3) is 0.562. The Morgan fingerprint density at radius 1 is 1.40 bits per heavy atom. The van der Waals surface area contributed by atoms with Crippen LogP contribution in [-0.4, -0.2) is 32.7 Å². The lowest BCUT2D eigenvalue weighted by molar-refractivity contribution is -0.115. The number of ether oxygens (including phenoxy) is 1. The van der Waals surface area contributed by atoms with Crippen LogP contribution in [0.4, 0.5) is 5.69 Å². The molecule has 0 atom stereocenters. The average Bonchev–Trinajstić information content (AvgIpc) is 3.17. The molecule has 1 aliphatic rings. The summed E-state index contributed by atoms with van der Waals surface area (Å²) in [5, 5.41) is 6.17. The molecule has 0 aromatic heterocycles. The van der Waals surface area contributed by atoms with Gasteiger partial charge in [-0.15, -0.1) is 0 Å². The van der Waals surface area contributed by atoms with Gasteiger partial charge in [0.25, 0.3) is 0 Å². The molecule has 2 N–H and O–H groups in total. The van der Waals surface area contributed by atoms with E-state index in [-0.39, 0.29) is 5.91 Å². The molecule has 1 aliphatic carbocycles. The van der Waals surface area contributed by atoms with E-state index in [0.29, 0.717) is 12.0 Å². The lowest BCUT2D eigenvalue weighted by Crippen LogP contribution is -2.32. The first-order chi connectivity index (χ1) is 9.63. The van der Waals surface area contributed by atoms with Crippen LogP contribution in [0.15, 0.2) is 24.3 Å². The second-order valence-corrected chi connectivity index (χ2v) is 5.76. The lowest BCUT2D eigenvalue weighted by Gasteiger charge is -2.15. The molecule has 4 nitrogen and oxygen atoms in total. The fourth-order valence-electron chi connectivity index (χ4n) is 2.38. The number of benzene rings is 1. The zero-order chi connectivity index (χ0) is 14.4. The maximum Gasteiger partial charge on any atom is 0.238 e. The van der Waals surface area contributed by atoms with Gasteiger partial charge in [0.2, 0.25) is 5.91 Å². The van der Waals surface area contributed by atoms with Gasteiger partial charge in [0.05, 0.1) is 6.54 Å². The van der Waals surface area contributed by atoms with Crippen LogP contribution in [0.3, 0.4) is 0 Å². The average molecular weight is 276 g/mol. The molecule has 1 saturated carbocycles. The van der Waals surface area contributed by atoms with Crippen LogP contribution in [-0.2, 0) is 9.53 Å². The molecule has 1 fully saturated rings. The summed E-state index contributed by atoms with van der Waals surface area (Å²) in [5.74, 6) is 0.0122. The molecular formula is C16H24N2O2. The van der Waals surface area contributed by atoms with Crippen molar-refractivity contribution in [3.63, 3.8) is 0 Å². The van der Waals surface area contributed by atoms with E-state index in [1.807, 2.05) is 31.2 Å². The van der Waals surface area contributed by atoms with Gasteiger partial charge in [-0.2, -0.15) is 0 Å². The summed E-state index contributed by atoms with van der Waals surface area (Å²) in [4.78, 5) is 11.8. The van der Waals surface area contributed by atoms with Crippen LogP contribution in [0.2, 0.25) is 0 Å². The molecule has 0 aliphatic heterocycles. The normalized spacial score (nSPS) is 15.9. The second kappa shape index (κ2) is 6.86. The molecule has 110 valence electrons. The van der Waals surface area contributed by atoms with Gasteiger partial charge >= 0.3 is 0 Å². The topological polar surface area (TPSA) is 50.4 Å². The van der Waals surface area contributed by atoms with Crippen molar-refractivity contribution >= 4 is 11.6 Å². The van der Waals surface area contributed by atoms with Crippen LogP contribution in [0, 0.1) is 12.3 Å². The first kappa shape index (κ1) is 15.0. The molecule has 1 amide bonds. The SMILES string of the molecule is COCCC1(CNCC(=O)Nc2cccc(C)c2)CC1. The van der Waals surface area contributed by atoms with Gasteiger partial charge in [0, 0.05) is 25.9 Å². The molecule has 4 heteroatoms. The molecule has 20 heavy (non-hydrogen) atoms. The van der Waals surface area contributed by atoms with Crippen LogP contribution in [0.5, 0.6) is 0 Å². The van der Waals surface area contributed by atoms with Gasteiger partial charge in [-0.25, -0.2) is 0 Å². The Morgan fingerprint density at radius 2 is 2.20 bits per heavy atom. The molecule has 0 spiro atoms. The van der Waals surface area contributed by atoms with Gasteiger partial charge in [0.15, 0.2) is 0 Å². The number of rotatable bonds is 8. The Hall–Kier alpha value is -1.39. The number of anilines is 1. The van der Waals surface area contributed by atoms with E-state index >= 15 is 0 Å². The van der Waals surface area contributed by atoms with Crippen molar-refractivity contribution in [2.45, 2.75) is 26.2 Å². The van der Waals surface area contributed by atoms with Crippen molar-refractivity contribution in [3.8, 4) is 0 Å². The quantitative estimate of drug-likeness (QED) is 0.766. The van der Waals surface area contributed by atoms with Crippen LogP contribution < -0.4 is 10.6 Å². The highest BCUT2D eigenvalue weighted by atomic mass is 16.5. The number of carbonyl (C=O) groups is 1. The summed E-state index contributed by atoms with van der Waals surface area (Å²) in [7, 11) is 1.73. The van der Waals surface area contributed by atoms with Crippen molar-refractivity contribution in [3.05, 3.63) is 29.8 Å². The number of nitrogens with one attached hydrogen (secondary N) is 2. The summed E-state index contributed by atoms with van der Waals surface area (Å²) >= 11 is 0. The standard InChI is InChI=1S/C16H24N2O2/c1-13-4-3-5-14(10-13)18-15(19)11-17-12-16(6-7-16)8-9-20-2/h3-5,10,17H,6-9,11-12H2,1-2H3,(H,18,19). The van der Waals surface area contributed by atoms with E-state index < -0.39 is 0 Å². The van der Waals surface area contributed by atoms with E-state index in [9.17, 15) is 4.79 Å². The number of carbonyl (C=O) groups excluding carboxylic acids is 1. The zero-order valence-electron chi connectivity index (χ0n) is 12.4. The van der Waals surface area contributed by atoms with E-state index in [4.69, 9.17) is 4.74 Å².